The van der Waals surface area contributed by atoms with Crippen molar-refractivity contribution in [3.8, 4) is 0 Å². The summed E-state index contributed by atoms with van der Waals surface area (Å²) in [7, 11) is 1.82. The van der Waals surface area contributed by atoms with E-state index in [-0.39, 0.29) is 18.0 Å². The largest absolute Gasteiger partial charge is 0.373 e. The lowest BCUT2D eigenvalue weighted by Gasteiger charge is -2.56. The van der Waals surface area contributed by atoms with Crippen LogP contribution in [0.1, 0.15) is 62.0 Å². The van der Waals surface area contributed by atoms with Crippen molar-refractivity contribution < 1.29 is 9.53 Å². The predicted molar refractivity (Wildman–Crippen MR) is 105 cm³/mol. The number of primary amides is 1. The molecule has 146 valence electrons. The number of methoxy groups -OCH3 is 1. The van der Waals surface area contributed by atoms with Crippen LogP contribution in [0.3, 0.4) is 0 Å². The Morgan fingerprint density at radius 3 is 2.62 bits per heavy atom. The molecule has 1 aliphatic carbocycles. The lowest BCUT2D eigenvalue weighted by atomic mass is 9.62. The smallest absolute Gasteiger partial charge is 0.267 e. The van der Waals surface area contributed by atoms with Crippen LogP contribution < -0.4 is 5.73 Å². The van der Waals surface area contributed by atoms with Gasteiger partial charge in [-0.3, -0.25) is 14.7 Å². The van der Waals surface area contributed by atoms with Crippen LogP contribution in [-0.2, 0) is 10.3 Å². The standard InChI is InChI=1S/C20H31N3O2.ClH/c1-4-6-14(2)23-12-16-7-5-8-17(13-23)20(16,25-3)15-9-10-22-18(11-15)19(21)24;/h9-11,14,16-17H,4-8,12-13H2,1-3H3,(H2,21,24);1H/t14-,16-,17+,20+;/m1./s1. The Labute approximate surface area is 163 Å². The fourth-order valence-electron chi connectivity index (χ4n) is 5.16. The molecular weight excluding hydrogens is 350 g/mol. The number of nitrogens with two attached hydrogens (primary N) is 1. The Kier molecular flexibility index (Phi) is 7.05. The number of carbonyl (C=O) groups excluding carboxylic acids is 1. The Morgan fingerprint density at radius 2 is 2.08 bits per heavy atom. The molecular formula is C20H32ClN3O2. The second kappa shape index (κ2) is 8.68. The van der Waals surface area contributed by atoms with Gasteiger partial charge in [0.05, 0.1) is 0 Å². The summed E-state index contributed by atoms with van der Waals surface area (Å²) in [6.07, 6.45) is 7.72. The van der Waals surface area contributed by atoms with Crippen LogP contribution in [0.4, 0.5) is 0 Å². The van der Waals surface area contributed by atoms with Gasteiger partial charge in [0.15, 0.2) is 0 Å². The molecule has 0 spiro atoms. The molecule has 1 amide bonds. The van der Waals surface area contributed by atoms with Crippen molar-refractivity contribution in [1.29, 1.82) is 0 Å². The quantitative estimate of drug-likeness (QED) is 0.820. The van der Waals surface area contributed by atoms with Gasteiger partial charge >= 0.3 is 0 Å². The summed E-state index contributed by atoms with van der Waals surface area (Å²) < 4.78 is 6.25. The van der Waals surface area contributed by atoms with E-state index in [9.17, 15) is 4.79 Å². The first-order chi connectivity index (χ1) is 12.0. The molecule has 26 heavy (non-hydrogen) atoms. The molecule has 2 fully saturated rings. The number of pyridine rings is 1. The van der Waals surface area contributed by atoms with Crippen molar-refractivity contribution in [2.75, 3.05) is 20.2 Å². The fraction of sp³-hybridized carbons (Fsp3) is 0.700. The van der Waals surface area contributed by atoms with E-state index < -0.39 is 5.91 Å². The maximum Gasteiger partial charge on any atom is 0.267 e. The van der Waals surface area contributed by atoms with Gasteiger partial charge in [-0.15, -0.1) is 12.4 Å². The van der Waals surface area contributed by atoms with Crippen LogP contribution in [0.25, 0.3) is 0 Å². The maximum atomic E-state index is 11.6. The van der Waals surface area contributed by atoms with Gasteiger partial charge < -0.3 is 10.5 Å². The number of fused-ring (bicyclic) bond motifs is 2. The summed E-state index contributed by atoms with van der Waals surface area (Å²) in [6.45, 7) is 6.71. The first-order valence-electron chi connectivity index (χ1n) is 9.58. The molecule has 2 aliphatic rings. The number of carbonyl (C=O) groups is 1. The van der Waals surface area contributed by atoms with E-state index in [2.05, 4.69) is 23.7 Å². The molecule has 0 unspecified atom stereocenters. The normalized spacial score (nSPS) is 29.7. The summed E-state index contributed by atoms with van der Waals surface area (Å²) in [5, 5.41) is 0. The highest BCUT2D eigenvalue weighted by Gasteiger charge is 2.53. The minimum Gasteiger partial charge on any atom is -0.373 e. The average Bonchev–Trinajstić information content (AvgIpc) is 2.60. The summed E-state index contributed by atoms with van der Waals surface area (Å²) >= 11 is 0. The minimum absolute atomic E-state index is 0. The molecule has 1 aliphatic heterocycles. The number of hydrogen-bond acceptors (Lipinski definition) is 4. The molecule has 2 N–H and O–H groups in total. The molecule has 1 saturated heterocycles. The van der Waals surface area contributed by atoms with Crippen molar-refractivity contribution >= 4 is 18.3 Å². The van der Waals surface area contributed by atoms with E-state index in [1.54, 1.807) is 6.20 Å². The van der Waals surface area contributed by atoms with E-state index in [4.69, 9.17) is 10.5 Å². The zero-order chi connectivity index (χ0) is 18.0. The number of halogens is 1. The third-order valence-electron chi connectivity index (χ3n) is 6.36. The second-order valence-electron chi connectivity index (χ2n) is 7.71. The summed E-state index contributed by atoms with van der Waals surface area (Å²) in [5.41, 5.74) is 6.53. The van der Waals surface area contributed by atoms with E-state index >= 15 is 0 Å². The van der Waals surface area contributed by atoms with Gasteiger partial charge in [-0.2, -0.15) is 0 Å². The maximum absolute atomic E-state index is 11.6. The highest BCUT2D eigenvalue weighted by molar-refractivity contribution is 5.90. The summed E-state index contributed by atoms with van der Waals surface area (Å²) in [5.74, 6) is 0.395. The van der Waals surface area contributed by atoms with E-state index in [1.165, 1.54) is 19.3 Å². The fourth-order valence-corrected chi connectivity index (χ4v) is 5.16. The molecule has 0 radical (unpaired) electrons. The van der Waals surface area contributed by atoms with Crippen molar-refractivity contribution in [2.24, 2.45) is 17.6 Å². The van der Waals surface area contributed by atoms with Gasteiger partial charge in [0.25, 0.3) is 5.91 Å². The molecule has 2 bridgehead atoms. The molecule has 2 heterocycles. The zero-order valence-corrected chi connectivity index (χ0v) is 16.9. The number of hydrogen-bond donors (Lipinski definition) is 1. The van der Waals surface area contributed by atoms with Gasteiger partial charge in [-0.25, -0.2) is 0 Å². The third-order valence-corrected chi connectivity index (χ3v) is 6.36. The summed E-state index contributed by atoms with van der Waals surface area (Å²) in [6, 6.07) is 4.47. The number of amides is 1. The third kappa shape index (κ3) is 3.62. The van der Waals surface area contributed by atoms with Crippen LogP contribution >= 0.6 is 12.4 Å². The van der Waals surface area contributed by atoms with Crippen molar-refractivity contribution in [1.82, 2.24) is 9.88 Å². The Morgan fingerprint density at radius 1 is 1.42 bits per heavy atom. The van der Waals surface area contributed by atoms with Crippen LogP contribution in [0.2, 0.25) is 0 Å². The van der Waals surface area contributed by atoms with Crippen LogP contribution in [0.15, 0.2) is 18.3 Å². The molecule has 1 saturated carbocycles. The first kappa shape index (κ1) is 21.1. The molecule has 4 atom stereocenters. The molecule has 5 nitrogen and oxygen atoms in total. The molecule has 6 heteroatoms. The van der Waals surface area contributed by atoms with Gasteiger partial charge in [0, 0.05) is 44.3 Å². The molecule has 3 rings (SSSR count). The van der Waals surface area contributed by atoms with Crippen LogP contribution in [0, 0.1) is 11.8 Å². The number of likely N-dealkylation sites (tertiary alicyclic amines) is 1. The summed E-state index contributed by atoms with van der Waals surface area (Å²) in [4.78, 5) is 18.4. The number of ether oxygens (including phenoxy) is 1. The second-order valence-corrected chi connectivity index (χ2v) is 7.71. The zero-order valence-electron chi connectivity index (χ0n) is 16.1. The van der Waals surface area contributed by atoms with Crippen molar-refractivity contribution in [3.05, 3.63) is 29.6 Å². The lowest BCUT2D eigenvalue weighted by molar-refractivity contribution is -0.173. The van der Waals surface area contributed by atoms with E-state index in [1.807, 2.05) is 19.2 Å². The SMILES string of the molecule is CCC[C@@H](C)N1C[C@H]2CCC[C@@H](C1)[C@]2(OC)c1ccnc(C(N)=O)c1.Cl. The van der Waals surface area contributed by atoms with Crippen molar-refractivity contribution in [3.63, 3.8) is 0 Å². The number of nitrogens with zero attached hydrogens (tertiary/aromatic N) is 2. The van der Waals surface area contributed by atoms with Crippen LogP contribution in [-0.4, -0.2) is 42.0 Å². The number of rotatable bonds is 6. The van der Waals surface area contributed by atoms with Gasteiger partial charge in [0.2, 0.25) is 0 Å². The highest BCUT2D eigenvalue weighted by Crippen LogP contribution is 2.51. The topological polar surface area (TPSA) is 68.4 Å². The molecule has 1 aromatic rings. The van der Waals surface area contributed by atoms with Gasteiger partial charge in [0.1, 0.15) is 11.3 Å². The number of aromatic nitrogens is 1. The van der Waals surface area contributed by atoms with Gasteiger partial charge in [-0.1, -0.05) is 19.8 Å². The first-order valence-corrected chi connectivity index (χ1v) is 9.58. The predicted octanol–water partition coefficient (Wildman–Crippen LogP) is 3.36. The highest BCUT2D eigenvalue weighted by atomic mass is 35.5. The minimum atomic E-state index is -0.479. The molecule has 0 aromatic carbocycles. The Hall–Kier alpha value is -1.17. The monoisotopic (exact) mass is 381 g/mol. The Balaban J connectivity index is 0.00000243. The average molecular weight is 382 g/mol. The van der Waals surface area contributed by atoms with Crippen molar-refractivity contribution in [2.45, 2.75) is 57.6 Å². The van der Waals surface area contributed by atoms with E-state index in [0.29, 0.717) is 23.6 Å². The van der Waals surface area contributed by atoms with Gasteiger partial charge in [-0.05, 0) is 43.9 Å². The number of piperidine rings is 1. The van der Waals surface area contributed by atoms with E-state index in [0.717, 1.165) is 31.5 Å². The van der Waals surface area contributed by atoms with Crippen LogP contribution in [0.5, 0.6) is 0 Å². The lowest BCUT2D eigenvalue weighted by Crippen LogP contribution is -2.60. The Bertz CT molecular complexity index is 611. The molecule has 1 aromatic heterocycles.